The van der Waals surface area contributed by atoms with Crippen molar-refractivity contribution in [3.05, 3.63) is 21.4 Å². The minimum atomic E-state index is -4.31. The molecule has 0 aromatic carbocycles. The van der Waals surface area contributed by atoms with E-state index in [0.717, 1.165) is 6.20 Å². The van der Waals surface area contributed by atoms with Crippen molar-refractivity contribution in [2.45, 2.75) is 11.3 Å². The minimum absolute atomic E-state index is 0.108. The third-order valence-electron chi connectivity index (χ3n) is 1.45. The van der Waals surface area contributed by atoms with Crippen LogP contribution in [0.5, 0.6) is 0 Å². The number of sulfonamides is 1. The van der Waals surface area contributed by atoms with Crippen LogP contribution in [-0.4, -0.2) is 13.4 Å². The molecule has 2 N–H and O–H groups in total. The first kappa shape index (κ1) is 12.8. The van der Waals surface area contributed by atoms with E-state index in [0.29, 0.717) is 0 Å². The molecule has 0 unspecified atom stereocenters. The van der Waals surface area contributed by atoms with Crippen molar-refractivity contribution < 1.29 is 17.2 Å². The highest BCUT2D eigenvalue weighted by Crippen LogP contribution is 2.34. The van der Waals surface area contributed by atoms with E-state index in [1.807, 2.05) is 0 Å². The predicted octanol–water partition coefficient (Wildman–Crippen LogP) is 2.08. The zero-order valence-corrected chi connectivity index (χ0v) is 10.1. The molecule has 0 aliphatic heterocycles. The van der Waals surface area contributed by atoms with Crippen LogP contribution in [0.15, 0.2) is 15.6 Å². The first-order valence-electron chi connectivity index (χ1n) is 3.40. The molecule has 84 valence electrons. The van der Waals surface area contributed by atoms with Gasteiger partial charge in [-0.2, -0.15) is 0 Å². The van der Waals surface area contributed by atoms with Crippen LogP contribution in [0.1, 0.15) is 12.1 Å². The fourth-order valence-electron chi connectivity index (χ4n) is 0.889. The quantitative estimate of drug-likeness (QED) is 0.906. The SMILES string of the molecule is NS(=O)(=O)c1c(C(F)F)ncc(Cl)c1Br. The number of alkyl halides is 2. The van der Waals surface area contributed by atoms with E-state index in [4.69, 9.17) is 16.7 Å². The second-order valence-electron chi connectivity index (χ2n) is 2.48. The molecule has 15 heavy (non-hydrogen) atoms. The van der Waals surface area contributed by atoms with Gasteiger partial charge in [0.15, 0.2) is 0 Å². The van der Waals surface area contributed by atoms with E-state index in [1.165, 1.54) is 0 Å². The van der Waals surface area contributed by atoms with Gasteiger partial charge in [0.05, 0.1) is 9.50 Å². The average molecular weight is 322 g/mol. The maximum absolute atomic E-state index is 12.4. The molecule has 0 fully saturated rings. The molecule has 0 saturated heterocycles. The molecule has 0 atom stereocenters. The number of hydrogen-bond acceptors (Lipinski definition) is 3. The first-order chi connectivity index (χ1) is 6.75. The summed E-state index contributed by atoms with van der Waals surface area (Å²) in [6.07, 6.45) is -2.13. The highest BCUT2D eigenvalue weighted by molar-refractivity contribution is 9.10. The molecular formula is C6H4BrClF2N2O2S. The fraction of sp³-hybridized carbons (Fsp3) is 0.167. The van der Waals surface area contributed by atoms with Crippen molar-refractivity contribution in [2.75, 3.05) is 0 Å². The van der Waals surface area contributed by atoms with Gasteiger partial charge in [-0.05, 0) is 15.9 Å². The second kappa shape index (κ2) is 4.28. The van der Waals surface area contributed by atoms with Crippen LogP contribution < -0.4 is 5.14 Å². The fourth-order valence-corrected chi connectivity index (χ4v) is 2.86. The van der Waals surface area contributed by atoms with E-state index in [-0.39, 0.29) is 9.50 Å². The number of pyridine rings is 1. The van der Waals surface area contributed by atoms with Gasteiger partial charge in [0.2, 0.25) is 10.0 Å². The van der Waals surface area contributed by atoms with Gasteiger partial charge in [-0.25, -0.2) is 22.3 Å². The summed E-state index contributed by atoms with van der Waals surface area (Å²) in [5.74, 6) is 0. The summed E-state index contributed by atoms with van der Waals surface area (Å²) < 4.78 is 46.7. The van der Waals surface area contributed by atoms with Crippen molar-refractivity contribution in [1.29, 1.82) is 0 Å². The molecule has 4 nitrogen and oxygen atoms in total. The van der Waals surface area contributed by atoms with Gasteiger partial charge in [0.25, 0.3) is 6.43 Å². The third kappa shape index (κ3) is 2.63. The van der Waals surface area contributed by atoms with Gasteiger partial charge >= 0.3 is 0 Å². The summed E-state index contributed by atoms with van der Waals surface area (Å²) in [7, 11) is -4.31. The topological polar surface area (TPSA) is 73.1 Å². The van der Waals surface area contributed by atoms with Crippen molar-refractivity contribution >= 4 is 37.6 Å². The number of aromatic nitrogens is 1. The lowest BCUT2D eigenvalue weighted by Crippen LogP contribution is -2.16. The number of nitrogens with zero attached hydrogens (tertiary/aromatic N) is 1. The summed E-state index contributed by atoms with van der Waals surface area (Å²) in [5, 5.41) is 4.67. The van der Waals surface area contributed by atoms with E-state index >= 15 is 0 Å². The number of primary sulfonamides is 1. The molecule has 0 radical (unpaired) electrons. The smallest absolute Gasteiger partial charge is 0.252 e. The number of rotatable bonds is 2. The molecule has 0 bridgehead atoms. The minimum Gasteiger partial charge on any atom is -0.252 e. The summed E-state index contributed by atoms with van der Waals surface area (Å²) >= 11 is 8.29. The average Bonchev–Trinajstić information content (AvgIpc) is 2.06. The molecule has 1 aromatic rings. The Morgan fingerprint density at radius 1 is 1.53 bits per heavy atom. The standard InChI is InChI=1S/C6H4BrClF2N2O2S/c7-3-2(8)1-12-4(6(9)10)5(3)15(11,13)14/h1,6H,(H2,11,13,14). The van der Waals surface area contributed by atoms with Crippen molar-refractivity contribution in [3.8, 4) is 0 Å². The Kier molecular flexibility index (Phi) is 3.64. The Bertz CT molecular complexity index is 494. The van der Waals surface area contributed by atoms with Crippen LogP contribution in [0.4, 0.5) is 8.78 Å². The Balaban J connectivity index is 3.65. The highest BCUT2D eigenvalue weighted by Gasteiger charge is 2.26. The van der Waals surface area contributed by atoms with Gasteiger partial charge in [0, 0.05) is 6.20 Å². The molecule has 0 aliphatic carbocycles. The zero-order valence-electron chi connectivity index (χ0n) is 6.92. The van der Waals surface area contributed by atoms with E-state index < -0.39 is 27.0 Å². The van der Waals surface area contributed by atoms with Gasteiger partial charge < -0.3 is 0 Å². The second-order valence-corrected chi connectivity index (χ2v) is 5.18. The predicted molar refractivity (Wildman–Crippen MR) is 53.3 cm³/mol. The Hall–Kier alpha value is -0.310. The molecule has 9 heteroatoms. The normalized spacial score (nSPS) is 12.1. The van der Waals surface area contributed by atoms with Crippen molar-refractivity contribution in [2.24, 2.45) is 5.14 Å². The maximum atomic E-state index is 12.4. The van der Waals surface area contributed by atoms with Gasteiger partial charge in [-0.1, -0.05) is 11.6 Å². The Morgan fingerprint density at radius 2 is 2.07 bits per heavy atom. The number of nitrogens with two attached hydrogens (primary N) is 1. The lowest BCUT2D eigenvalue weighted by molar-refractivity contribution is 0.142. The van der Waals surface area contributed by atoms with Gasteiger partial charge in [-0.3, -0.25) is 4.98 Å². The van der Waals surface area contributed by atoms with Crippen molar-refractivity contribution in [1.82, 2.24) is 4.98 Å². The maximum Gasteiger partial charge on any atom is 0.281 e. The molecule has 1 heterocycles. The molecule has 0 saturated carbocycles. The first-order valence-corrected chi connectivity index (χ1v) is 6.11. The zero-order chi connectivity index (χ0) is 11.8. The molecule has 1 aromatic heterocycles. The van der Waals surface area contributed by atoms with E-state index in [1.54, 1.807) is 0 Å². The summed E-state index contributed by atoms with van der Waals surface area (Å²) in [6.45, 7) is 0. The highest BCUT2D eigenvalue weighted by atomic mass is 79.9. The van der Waals surface area contributed by atoms with Crippen LogP contribution in [0.2, 0.25) is 5.02 Å². The van der Waals surface area contributed by atoms with Crippen LogP contribution in [0.25, 0.3) is 0 Å². The van der Waals surface area contributed by atoms with E-state index in [2.05, 4.69) is 20.9 Å². The lowest BCUT2D eigenvalue weighted by Gasteiger charge is -2.08. The molecule has 0 spiro atoms. The monoisotopic (exact) mass is 320 g/mol. The van der Waals surface area contributed by atoms with E-state index in [9.17, 15) is 17.2 Å². The lowest BCUT2D eigenvalue weighted by atomic mass is 10.3. The molecular weight excluding hydrogens is 317 g/mol. The van der Waals surface area contributed by atoms with Crippen LogP contribution in [0.3, 0.4) is 0 Å². The largest absolute Gasteiger partial charge is 0.281 e. The molecule has 0 aliphatic rings. The van der Waals surface area contributed by atoms with Crippen LogP contribution >= 0.6 is 27.5 Å². The van der Waals surface area contributed by atoms with Gasteiger partial charge in [-0.15, -0.1) is 0 Å². The summed E-state index contributed by atoms with van der Waals surface area (Å²) in [4.78, 5) is 2.45. The number of hydrogen-bond donors (Lipinski definition) is 1. The Morgan fingerprint density at radius 3 is 2.47 bits per heavy atom. The van der Waals surface area contributed by atoms with Crippen molar-refractivity contribution in [3.63, 3.8) is 0 Å². The number of halogens is 4. The summed E-state index contributed by atoms with van der Waals surface area (Å²) in [6, 6.07) is 0. The Labute approximate surface area is 97.6 Å². The van der Waals surface area contributed by atoms with Gasteiger partial charge in [0.1, 0.15) is 10.6 Å². The third-order valence-corrected chi connectivity index (χ3v) is 4.03. The molecule has 0 amide bonds. The van der Waals surface area contributed by atoms with Crippen LogP contribution in [0, 0.1) is 0 Å². The molecule has 1 rings (SSSR count). The summed E-state index contributed by atoms with van der Waals surface area (Å²) in [5.41, 5.74) is -0.922. The van der Waals surface area contributed by atoms with Crippen LogP contribution in [-0.2, 0) is 10.0 Å².